The number of ketones is 1. The smallest absolute Gasteiger partial charge is 0.220 e. The van der Waals surface area contributed by atoms with Gasteiger partial charge in [0.15, 0.2) is 5.78 Å². The number of amides is 1. The average Bonchev–Trinajstić information content (AvgIpc) is 3.32. The summed E-state index contributed by atoms with van der Waals surface area (Å²) in [5, 5.41) is 3.13. The molecule has 1 N–H and O–H groups in total. The first-order valence-corrected chi connectivity index (χ1v) is 8.89. The van der Waals surface area contributed by atoms with Gasteiger partial charge in [-0.25, -0.2) is 0 Å². The molecule has 0 spiro atoms. The molecular weight excluding hydrogens is 304 g/mol. The van der Waals surface area contributed by atoms with E-state index in [1.165, 1.54) is 19.8 Å². The second-order valence-corrected chi connectivity index (χ2v) is 6.82. The zero-order valence-corrected chi connectivity index (χ0v) is 14.3. The van der Waals surface area contributed by atoms with Gasteiger partial charge in [0.2, 0.25) is 5.91 Å². The summed E-state index contributed by atoms with van der Waals surface area (Å²) in [5.41, 5.74) is 0.645. The molecule has 1 saturated heterocycles. The van der Waals surface area contributed by atoms with Crippen LogP contribution in [0, 0.1) is 0 Å². The van der Waals surface area contributed by atoms with Crippen LogP contribution >= 0.6 is 0 Å². The number of carbonyl (C=O) groups is 2. The predicted molar refractivity (Wildman–Crippen MR) is 92.3 cm³/mol. The van der Waals surface area contributed by atoms with Crippen molar-refractivity contribution in [3.05, 3.63) is 29.8 Å². The van der Waals surface area contributed by atoms with Gasteiger partial charge in [-0.2, -0.15) is 0 Å². The monoisotopic (exact) mass is 330 g/mol. The normalized spacial score (nSPS) is 20.8. The van der Waals surface area contributed by atoms with Crippen LogP contribution in [0.4, 0.5) is 0 Å². The quantitative estimate of drug-likeness (QED) is 0.587. The molecule has 1 aliphatic carbocycles. The van der Waals surface area contributed by atoms with E-state index >= 15 is 0 Å². The maximum absolute atomic E-state index is 12.0. The number of rotatable bonds is 8. The fourth-order valence-corrected chi connectivity index (χ4v) is 3.20. The SMILES string of the molecule is CC(=O)c1cccc(OCCCC(=O)N[C@@H]2CCN(C3CC3)C2)c1. The van der Waals surface area contributed by atoms with Crippen molar-refractivity contribution in [3.63, 3.8) is 0 Å². The first-order chi connectivity index (χ1) is 11.6. The molecule has 5 heteroatoms. The summed E-state index contributed by atoms with van der Waals surface area (Å²) in [6, 6.07) is 8.25. The van der Waals surface area contributed by atoms with Crippen LogP contribution in [0.1, 0.15) is 49.4 Å². The van der Waals surface area contributed by atoms with Crippen molar-refractivity contribution in [3.8, 4) is 5.75 Å². The van der Waals surface area contributed by atoms with Gasteiger partial charge in [0, 0.05) is 37.2 Å². The second-order valence-electron chi connectivity index (χ2n) is 6.82. The van der Waals surface area contributed by atoms with E-state index in [1.807, 2.05) is 12.1 Å². The first kappa shape index (κ1) is 17.0. The molecule has 1 heterocycles. The summed E-state index contributed by atoms with van der Waals surface area (Å²) in [7, 11) is 0. The van der Waals surface area contributed by atoms with E-state index in [-0.39, 0.29) is 11.7 Å². The summed E-state index contributed by atoms with van der Waals surface area (Å²) in [5.74, 6) is 0.814. The molecule has 2 fully saturated rings. The van der Waals surface area contributed by atoms with E-state index in [4.69, 9.17) is 4.74 Å². The number of carbonyl (C=O) groups excluding carboxylic acids is 2. The van der Waals surface area contributed by atoms with Crippen LogP contribution < -0.4 is 10.1 Å². The molecule has 0 unspecified atom stereocenters. The van der Waals surface area contributed by atoms with Gasteiger partial charge in [-0.15, -0.1) is 0 Å². The zero-order chi connectivity index (χ0) is 16.9. The highest BCUT2D eigenvalue weighted by Gasteiger charge is 2.34. The van der Waals surface area contributed by atoms with E-state index in [9.17, 15) is 9.59 Å². The lowest BCUT2D eigenvalue weighted by atomic mass is 10.1. The van der Waals surface area contributed by atoms with Gasteiger partial charge in [-0.05, 0) is 44.7 Å². The summed E-state index contributed by atoms with van der Waals surface area (Å²) < 4.78 is 5.63. The highest BCUT2D eigenvalue weighted by atomic mass is 16.5. The zero-order valence-electron chi connectivity index (χ0n) is 14.3. The number of nitrogens with one attached hydrogen (secondary N) is 1. The second kappa shape index (κ2) is 7.79. The lowest BCUT2D eigenvalue weighted by Gasteiger charge is -2.15. The minimum Gasteiger partial charge on any atom is -0.494 e. The standard InChI is InChI=1S/C19H26N2O3/c1-14(22)15-4-2-5-18(12-15)24-11-3-6-19(23)20-16-9-10-21(13-16)17-7-8-17/h2,4-5,12,16-17H,3,6-11,13H2,1H3,(H,20,23)/t16-/m1/s1. The lowest BCUT2D eigenvalue weighted by Crippen LogP contribution is -2.37. The van der Waals surface area contributed by atoms with Crippen LogP contribution in [-0.4, -0.2) is 48.4 Å². The highest BCUT2D eigenvalue weighted by Crippen LogP contribution is 2.29. The Labute approximate surface area is 143 Å². The van der Waals surface area contributed by atoms with Gasteiger partial charge in [-0.1, -0.05) is 12.1 Å². The van der Waals surface area contributed by atoms with Crippen molar-refractivity contribution >= 4 is 11.7 Å². The van der Waals surface area contributed by atoms with Gasteiger partial charge in [-0.3, -0.25) is 14.5 Å². The molecular formula is C19H26N2O3. The van der Waals surface area contributed by atoms with Gasteiger partial charge in [0.05, 0.1) is 6.61 Å². The molecule has 0 radical (unpaired) electrons. The number of likely N-dealkylation sites (tertiary alicyclic amines) is 1. The Bertz CT molecular complexity index is 598. The Hall–Kier alpha value is -1.88. The first-order valence-electron chi connectivity index (χ1n) is 8.89. The molecule has 3 rings (SSSR count). The van der Waals surface area contributed by atoms with E-state index < -0.39 is 0 Å². The molecule has 130 valence electrons. The van der Waals surface area contributed by atoms with E-state index in [0.717, 1.165) is 25.6 Å². The minimum atomic E-state index is 0.0247. The number of Topliss-reactive ketones (excluding diaryl/α,β-unsaturated/α-hetero) is 1. The van der Waals surface area contributed by atoms with E-state index in [2.05, 4.69) is 10.2 Å². The Kier molecular flexibility index (Phi) is 5.51. The Morgan fingerprint density at radius 1 is 1.29 bits per heavy atom. The molecule has 5 nitrogen and oxygen atoms in total. The van der Waals surface area contributed by atoms with Crippen LogP contribution in [0.5, 0.6) is 5.75 Å². The van der Waals surface area contributed by atoms with Gasteiger partial charge >= 0.3 is 0 Å². The van der Waals surface area contributed by atoms with Gasteiger partial charge in [0.1, 0.15) is 5.75 Å². The van der Waals surface area contributed by atoms with Crippen LogP contribution in [0.3, 0.4) is 0 Å². The predicted octanol–water partition coefficient (Wildman–Crippen LogP) is 2.40. The topological polar surface area (TPSA) is 58.6 Å². The van der Waals surface area contributed by atoms with Crippen LogP contribution in [0.15, 0.2) is 24.3 Å². The van der Waals surface area contributed by atoms with Crippen molar-refractivity contribution in [1.29, 1.82) is 0 Å². The number of hydrogen-bond acceptors (Lipinski definition) is 4. The third-order valence-electron chi connectivity index (χ3n) is 4.71. The molecule has 1 aromatic rings. The molecule has 24 heavy (non-hydrogen) atoms. The third-order valence-corrected chi connectivity index (χ3v) is 4.71. The Balaban J connectivity index is 1.32. The molecule has 1 amide bonds. The van der Waals surface area contributed by atoms with E-state index in [1.54, 1.807) is 12.1 Å². The largest absolute Gasteiger partial charge is 0.494 e. The fourth-order valence-electron chi connectivity index (χ4n) is 3.20. The third kappa shape index (κ3) is 4.81. The summed E-state index contributed by atoms with van der Waals surface area (Å²) in [6.07, 6.45) is 4.86. The molecule has 1 aliphatic heterocycles. The Morgan fingerprint density at radius 3 is 2.88 bits per heavy atom. The Morgan fingerprint density at radius 2 is 2.12 bits per heavy atom. The molecule has 0 aromatic heterocycles. The molecule has 1 saturated carbocycles. The number of ether oxygens (including phenoxy) is 1. The van der Waals surface area contributed by atoms with Crippen molar-refractivity contribution in [2.45, 2.75) is 51.1 Å². The lowest BCUT2D eigenvalue weighted by molar-refractivity contribution is -0.121. The average molecular weight is 330 g/mol. The molecule has 2 aliphatic rings. The summed E-state index contributed by atoms with van der Waals surface area (Å²) >= 11 is 0. The van der Waals surface area contributed by atoms with Crippen LogP contribution in [-0.2, 0) is 4.79 Å². The number of nitrogens with zero attached hydrogens (tertiary/aromatic N) is 1. The van der Waals surface area contributed by atoms with Crippen molar-refractivity contribution < 1.29 is 14.3 Å². The van der Waals surface area contributed by atoms with Crippen molar-refractivity contribution in [2.75, 3.05) is 19.7 Å². The summed E-state index contributed by atoms with van der Waals surface area (Å²) in [6.45, 7) is 4.14. The minimum absolute atomic E-state index is 0.0247. The number of benzene rings is 1. The van der Waals surface area contributed by atoms with Gasteiger partial charge in [0.25, 0.3) is 0 Å². The fraction of sp³-hybridized carbons (Fsp3) is 0.579. The van der Waals surface area contributed by atoms with Crippen molar-refractivity contribution in [1.82, 2.24) is 10.2 Å². The van der Waals surface area contributed by atoms with Crippen LogP contribution in [0.2, 0.25) is 0 Å². The molecule has 1 aromatic carbocycles. The maximum Gasteiger partial charge on any atom is 0.220 e. The number of hydrogen-bond donors (Lipinski definition) is 1. The molecule has 1 atom stereocenters. The van der Waals surface area contributed by atoms with E-state index in [0.29, 0.717) is 36.8 Å². The maximum atomic E-state index is 12.0. The highest BCUT2D eigenvalue weighted by molar-refractivity contribution is 5.94. The molecule has 0 bridgehead atoms. The van der Waals surface area contributed by atoms with Gasteiger partial charge < -0.3 is 10.1 Å². The van der Waals surface area contributed by atoms with Crippen molar-refractivity contribution in [2.24, 2.45) is 0 Å². The summed E-state index contributed by atoms with van der Waals surface area (Å²) in [4.78, 5) is 25.9. The van der Waals surface area contributed by atoms with Crippen LogP contribution in [0.25, 0.3) is 0 Å².